The predicted octanol–water partition coefficient (Wildman–Crippen LogP) is 2.89. The molecule has 2 aromatic heterocycles. The highest BCUT2D eigenvalue weighted by Gasteiger charge is 2.35. The average molecular weight is 357 g/mol. The smallest absolute Gasteiger partial charge is 0.290 e. The van der Waals surface area contributed by atoms with Gasteiger partial charge in [0.25, 0.3) is 5.91 Å². The molecule has 0 aromatic carbocycles. The number of likely N-dealkylation sites (tertiary alicyclic amines) is 1. The van der Waals surface area contributed by atoms with Crippen LogP contribution in [0.5, 0.6) is 0 Å². The summed E-state index contributed by atoms with van der Waals surface area (Å²) in [6.45, 7) is 7.75. The van der Waals surface area contributed by atoms with Gasteiger partial charge in [0, 0.05) is 12.5 Å². The van der Waals surface area contributed by atoms with Crippen LogP contribution in [0.25, 0.3) is 0 Å². The summed E-state index contributed by atoms with van der Waals surface area (Å²) >= 11 is 0. The lowest BCUT2D eigenvalue weighted by Crippen LogP contribution is -2.30. The Bertz CT molecular complexity index is 848. The van der Waals surface area contributed by atoms with Gasteiger partial charge in [-0.1, -0.05) is 24.9 Å². The molecule has 1 N–H and O–H groups in total. The summed E-state index contributed by atoms with van der Waals surface area (Å²) in [6, 6.07) is 2.98. The van der Waals surface area contributed by atoms with Crippen molar-refractivity contribution in [2.75, 3.05) is 6.54 Å². The number of hydrogen-bond acceptors (Lipinski definition) is 6. The van der Waals surface area contributed by atoms with Crippen LogP contribution in [0.2, 0.25) is 0 Å². The molecular weight excluding hydrogens is 334 g/mol. The molecule has 1 unspecified atom stereocenters. The maximum Gasteiger partial charge on any atom is 0.290 e. The lowest BCUT2D eigenvalue weighted by molar-refractivity contribution is 0.0677. The van der Waals surface area contributed by atoms with Crippen molar-refractivity contribution >= 4 is 5.91 Å². The largest absolute Gasteiger partial charge is 0.443 e. The molecule has 0 spiro atoms. The van der Waals surface area contributed by atoms with E-state index in [9.17, 15) is 9.90 Å². The van der Waals surface area contributed by atoms with Crippen molar-refractivity contribution in [3.8, 4) is 11.8 Å². The van der Waals surface area contributed by atoms with Crippen molar-refractivity contribution in [2.24, 2.45) is 0 Å². The van der Waals surface area contributed by atoms with E-state index in [0.29, 0.717) is 24.0 Å². The molecule has 3 rings (SSSR count). The van der Waals surface area contributed by atoms with E-state index in [1.54, 1.807) is 30.9 Å². The molecule has 0 saturated carbocycles. The summed E-state index contributed by atoms with van der Waals surface area (Å²) in [5.74, 6) is 6.98. The van der Waals surface area contributed by atoms with Crippen molar-refractivity contribution in [3.05, 3.63) is 35.4 Å². The molecule has 1 saturated heterocycles. The molecule has 1 fully saturated rings. The van der Waals surface area contributed by atoms with Crippen LogP contribution in [0.1, 0.15) is 80.5 Å². The topological polar surface area (TPSA) is 92.6 Å². The van der Waals surface area contributed by atoms with Gasteiger partial charge in [0.05, 0.1) is 0 Å². The fourth-order valence-electron chi connectivity index (χ4n) is 2.76. The number of aliphatic hydroxyl groups is 1. The van der Waals surface area contributed by atoms with Crippen molar-refractivity contribution in [3.63, 3.8) is 0 Å². The summed E-state index contributed by atoms with van der Waals surface area (Å²) in [6.07, 6.45) is 1.64. The van der Waals surface area contributed by atoms with Gasteiger partial charge in [-0.3, -0.25) is 4.79 Å². The van der Waals surface area contributed by atoms with Gasteiger partial charge >= 0.3 is 0 Å². The highest BCUT2D eigenvalue weighted by Crippen LogP contribution is 2.33. The first-order valence-electron chi connectivity index (χ1n) is 8.74. The minimum atomic E-state index is -1.12. The predicted molar refractivity (Wildman–Crippen MR) is 93.3 cm³/mol. The highest BCUT2D eigenvalue weighted by atomic mass is 16.5. The number of aromatic nitrogens is 2. The minimum Gasteiger partial charge on any atom is -0.443 e. The molecule has 2 aromatic rings. The van der Waals surface area contributed by atoms with Crippen LogP contribution in [-0.4, -0.2) is 38.2 Å². The van der Waals surface area contributed by atoms with Gasteiger partial charge in [0.1, 0.15) is 11.6 Å². The van der Waals surface area contributed by atoms with Gasteiger partial charge in [0.15, 0.2) is 17.3 Å². The van der Waals surface area contributed by atoms with E-state index < -0.39 is 5.60 Å². The van der Waals surface area contributed by atoms with Crippen LogP contribution in [0.4, 0.5) is 0 Å². The third-order valence-corrected chi connectivity index (χ3v) is 4.08. The summed E-state index contributed by atoms with van der Waals surface area (Å²) in [5, 5.41) is 13.6. The van der Waals surface area contributed by atoms with Crippen molar-refractivity contribution in [1.29, 1.82) is 0 Å². The molecule has 1 aliphatic rings. The molecule has 7 nitrogen and oxygen atoms in total. The molecule has 0 radical (unpaired) electrons. The van der Waals surface area contributed by atoms with Gasteiger partial charge in [-0.05, 0) is 44.7 Å². The van der Waals surface area contributed by atoms with Crippen LogP contribution in [0.3, 0.4) is 0 Å². The minimum absolute atomic E-state index is 0.167. The van der Waals surface area contributed by atoms with Crippen molar-refractivity contribution in [2.45, 2.75) is 58.1 Å². The van der Waals surface area contributed by atoms with Gasteiger partial charge < -0.3 is 18.9 Å². The van der Waals surface area contributed by atoms with Crippen LogP contribution >= 0.6 is 0 Å². The number of furan rings is 1. The van der Waals surface area contributed by atoms with E-state index in [1.165, 1.54) is 0 Å². The molecule has 7 heteroatoms. The Kier molecular flexibility index (Phi) is 4.88. The van der Waals surface area contributed by atoms with E-state index in [2.05, 4.69) is 22.0 Å². The quantitative estimate of drug-likeness (QED) is 0.849. The van der Waals surface area contributed by atoms with Gasteiger partial charge in [-0.25, -0.2) is 0 Å². The number of carbonyl (C=O) groups excluding carboxylic acids is 1. The zero-order chi connectivity index (χ0) is 18.9. The zero-order valence-electron chi connectivity index (χ0n) is 15.4. The maximum atomic E-state index is 12.8. The Morgan fingerprint density at radius 1 is 1.42 bits per heavy atom. The third-order valence-electron chi connectivity index (χ3n) is 4.08. The fourth-order valence-corrected chi connectivity index (χ4v) is 2.76. The molecular formula is C19H23N3O4. The Balaban J connectivity index is 1.78. The fraction of sp³-hybridized carbons (Fsp3) is 0.526. The number of nitrogens with zero attached hydrogens (tertiary/aromatic N) is 3. The van der Waals surface area contributed by atoms with E-state index in [0.717, 1.165) is 12.8 Å². The first-order chi connectivity index (χ1) is 12.2. The first kappa shape index (κ1) is 18.2. The Morgan fingerprint density at radius 2 is 2.19 bits per heavy atom. The zero-order valence-corrected chi connectivity index (χ0v) is 15.4. The Labute approximate surface area is 152 Å². The molecule has 1 atom stereocenters. The monoisotopic (exact) mass is 357 g/mol. The van der Waals surface area contributed by atoms with E-state index in [-0.39, 0.29) is 23.6 Å². The molecule has 1 amide bonds. The van der Waals surface area contributed by atoms with Gasteiger partial charge in [-0.2, -0.15) is 4.98 Å². The summed E-state index contributed by atoms with van der Waals surface area (Å²) in [5.41, 5.74) is -1.12. The number of amides is 1. The molecule has 3 heterocycles. The summed E-state index contributed by atoms with van der Waals surface area (Å²) < 4.78 is 10.9. The Hall–Kier alpha value is -2.59. The highest BCUT2D eigenvalue weighted by molar-refractivity contribution is 5.92. The lowest BCUT2D eigenvalue weighted by Gasteiger charge is -2.20. The standard InChI is InChI=1S/C19H23N3O4/c1-12(2)16-20-17(26-21-16)14-6-5-11-22(14)18(23)15-8-7-13(25-15)9-10-19(3,4)24/h7-8,12,14,24H,5-6,11H2,1-4H3. The van der Waals surface area contributed by atoms with Crippen LogP contribution < -0.4 is 0 Å². The first-order valence-corrected chi connectivity index (χ1v) is 8.74. The molecule has 0 aliphatic carbocycles. The second-order valence-corrected chi connectivity index (χ2v) is 7.28. The lowest BCUT2D eigenvalue weighted by atomic mass is 10.1. The Morgan fingerprint density at radius 3 is 2.85 bits per heavy atom. The van der Waals surface area contributed by atoms with Crippen LogP contribution in [0, 0.1) is 11.8 Å². The van der Waals surface area contributed by atoms with E-state index in [4.69, 9.17) is 8.94 Å². The second kappa shape index (κ2) is 6.96. The SMILES string of the molecule is CC(C)c1noc(C2CCCN2C(=O)c2ccc(C#CC(C)(C)O)o2)n1. The maximum absolute atomic E-state index is 12.8. The van der Waals surface area contributed by atoms with Gasteiger partial charge in [0.2, 0.25) is 5.89 Å². The number of carbonyl (C=O) groups is 1. The number of hydrogen-bond donors (Lipinski definition) is 1. The summed E-state index contributed by atoms with van der Waals surface area (Å²) in [4.78, 5) is 19.0. The van der Waals surface area contributed by atoms with Crippen molar-refractivity contribution < 1.29 is 18.8 Å². The second-order valence-electron chi connectivity index (χ2n) is 7.28. The molecule has 1 aliphatic heterocycles. The molecule has 26 heavy (non-hydrogen) atoms. The van der Waals surface area contributed by atoms with Crippen LogP contribution in [-0.2, 0) is 0 Å². The normalized spacial score (nSPS) is 17.5. The van der Waals surface area contributed by atoms with Crippen LogP contribution in [0.15, 0.2) is 21.1 Å². The average Bonchev–Trinajstić information content (AvgIpc) is 3.29. The molecule has 0 bridgehead atoms. The van der Waals surface area contributed by atoms with Gasteiger partial charge in [-0.15, -0.1) is 0 Å². The van der Waals surface area contributed by atoms with Crippen molar-refractivity contribution in [1.82, 2.24) is 15.0 Å². The number of rotatable bonds is 3. The summed E-state index contributed by atoms with van der Waals surface area (Å²) in [7, 11) is 0. The third kappa shape index (κ3) is 3.97. The molecule has 138 valence electrons. The van der Waals surface area contributed by atoms with E-state index >= 15 is 0 Å². The van der Waals surface area contributed by atoms with E-state index in [1.807, 2.05) is 13.8 Å².